The van der Waals surface area contributed by atoms with Crippen LogP contribution in [-0.4, -0.2) is 19.3 Å². The average molecular weight is 442 g/mol. The first kappa shape index (κ1) is 20.0. The van der Waals surface area contributed by atoms with E-state index in [-0.39, 0.29) is 22.1 Å². The number of hydrogen-bond donors (Lipinski definition) is 2. The number of nitrogens with one attached hydrogen (secondary N) is 2. The van der Waals surface area contributed by atoms with Crippen LogP contribution in [0.2, 0.25) is 0 Å². The Hall–Kier alpha value is -3.30. The molecule has 4 aromatic rings. The largest absolute Gasteiger partial charge is 0.322 e. The van der Waals surface area contributed by atoms with Crippen LogP contribution in [-0.2, 0) is 10.0 Å². The van der Waals surface area contributed by atoms with Crippen LogP contribution in [0.4, 0.5) is 15.8 Å². The normalized spacial score (nSPS) is 11.4. The van der Waals surface area contributed by atoms with Crippen LogP contribution >= 0.6 is 11.3 Å². The van der Waals surface area contributed by atoms with Gasteiger partial charge < -0.3 is 5.32 Å². The average Bonchev–Trinajstić information content (AvgIpc) is 3.07. The lowest BCUT2D eigenvalue weighted by atomic mass is 10.2. The number of sulfonamides is 1. The third-order valence-electron chi connectivity index (χ3n) is 4.25. The lowest BCUT2D eigenvalue weighted by Gasteiger charge is -2.10. The number of rotatable bonds is 5. The number of amides is 1. The fraction of sp³-hybridized carbons (Fsp3) is 0.0476. The Morgan fingerprint density at radius 1 is 1.00 bits per heavy atom. The van der Waals surface area contributed by atoms with Crippen LogP contribution in [0.15, 0.2) is 71.6 Å². The summed E-state index contributed by atoms with van der Waals surface area (Å²) in [5.41, 5.74) is 2.00. The van der Waals surface area contributed by atoms with Crippen molar-refractivity contribution in [2.75, 3.05) is 10.0 Å². The molecule has 0 radical (unpaired) electrons. The number of halogens is 1. The van der Waals surface area contributed by atoms with Gasteiger partial charge in [0.15, 0.2) is 0 Å². The zero-order chi connectivity index (χ0) is 21.3. The zero-order valence-electron chi connectivity index (χ0n) is 15.7. The summed E-state index contributed by atoms with van der Waals surface area (Å²) in [5, 5.41) is 3.75. The van der Waals surface area contributed by atoms with Crippen molar-refractivity contribution < 1.29 is 17.6 Å². The maximum atomic E-state index is 13.0. The van der Waals surface area contributed by atoms with Crippen molar-refractivity contribution in [1.29, 1.82) is 0 Å². The summed E-state index contributed by atoms with van der Waals surface area (Å²) < 4.78 is 41.4. The molecule has 1 amide bonds. The Bertz CT molecular complexity index is 1350. The van der Waals surface area contributed by atoms with E-state index >= 15 is 0 Å². The number of benzene rings is 3. The minimum Gasteiger partial charge on any atom is -0.322 e. The van der Waals surface area contributed by atoms with Gasteiger partial charge in [-0.2, -0.15) is 0 Å². The Kier molecular flexibility index (Phi) is 5.23. The first-order valence-electron chi connectivity index (χ1n) is 8.87. The summed E-state index contributed by atoms with van der Waals surface area (Å²) in [6.07, 6.45) is 0. The number of nitrogens with zero attached hydrogens (tertiary/aromatic N) is 1. The number of carbonyl (C=O) groups is 1. The van der Waals surface area contributed by atoms with Gasteiger partial charge in [0.2, 0.25) is 0 Å². The van der Waals surface area contributed by atoms with Crippen molar-refractivity contribution >= 4 is 48.9 Å². The molecule has 0 saturated carbocycles. The standard InChI is InChI=1S/C21H16FN3O3S2/c1-13-23-19-10-7-16(12-20(19)29-13)24-21(26)14-3-2-4-17(11-14)25-30(27,28)18-8-5-15(22)6-9-18/h2-12,25H,1H3,(H,24,26). The summed E-state index contributed by atoms with van der Waals surface area (Å²) in [4.78, 5) is 16.9. The van der Waals surface area contributed by atoms with Gasteiger partial charge in [0.05, 0.1) is 20.1 Å². The minimum atomic E-state index is -3.91. The van der Waals surface area contributed by atoms with Crippen molar-refractivity contribution in [3.63, 3.8) is 0 Å². The van der Waals surface area contributed by atoms with Gasteiger partial charge >= 0.3 is 0 Å². The Morgan fingerprint density at radius 3 is 2.53 bits per heavy atom. The van der Waals surface area contributed by atoms with Gasteiger partial charge in [0, 0.05) is 16.9 Å². The highest BCUT2D eigenvalue weighted by atomic mass is 32.2. The molecular formula is C21H16FN3O3S2. The van der Waals surface area contributed by atoms with Crippen LogP contribution in [0.1, 0.15) is 15.4 Å². The monoisotopic (exact) mass is 441 g/mol. The van der Waals surface area contributed by atoms with Crippen LogP contribution in [0.3, 0.4) is 0 Å². The number of aromatic nitrogens is 1. The molecule has 9 heteroatoms. The van der Waals surface area contributed by atoms with Gasteiger partial charge in [-0.1, -0.05) is 6.07 Å². The topological polar surface area (TPSA) is 88.2 Å². The molecule has 0 aliphatic carbocycles. The van der Waals surface area contributed by atoms with Crippen molar-refractivity contribution in [2.24, 2.45) is 0 Å². The summed E-state index contributed by atoms with van der Waals surface area (Å²) in [6, 6.07) is 16.1. The predicted molar refractivity (Wildman–Crippen MR) is 116 cm³/mol. The second-order valence-corrected chi connectivity index (χ2v) is 9.43. The SMILES string of the molecule is Cc1nc2ccc(NC(=O)c3cccc(NS(=O)(=O)c4ccc(F)cc4)c3)cc2s1. The fourth-order valence-corrected chi connectivity index (χ4v) is 4.79. The predicted octanol–water partition coefficient (Wildman–Crippen LogP) is 4.80. The molecule has 2 N–H and O–H groups in total. The second kappa shape index (κ2) is 7.85. The molecule has 6 nitrogen and oxygen atoms in total. The minimum absolute atomic E-state index is 0.0769. The van der Waals surface area contributed by atoms with Crippen molar-refractivity contribution in [3.05, 3.63) is 83.1 Å². The van der Waals surface area contributed by atoms with Gasteiger partial charge in [-0.25, -0.2) is 17.8 Å². The second-order valence-electron chi connectivity index (χ2n) is 6.51. The van der Waals surface area contributed by atoms with E-state index in [9.17, 15) is 17.6 Å². The molecule has 0 atom stereocenters. The van der Waals surface area contributed by atoms with Crippen molar-refractivity contribution in [2.45, 2.75) is 11.8 Å². The van der Waals surface area contributed by atoms with Crippen LogP contribution in [0.5, 0.6) is 0 Å². The van der Waals surface area contributed by atoms with Crippen LogP contribution in [0.25, 0.3) is 10.2 Å². The molecule has 0 spiro atoms. The molecule has 0 unspecified atom stereocenters. The number of thiazole rings is 1. The molecule has 1 heterocycles. The summed E-state index contributed by atoms with van der Waals surface area (Å²) in [6.45, 7) is 1.92. The lowest BCUT2D eigenvalue weighted by molar-refractivity contribution is 0.102. The summed E-state index contributed by atoms with van der Waals surface area (Å²) in [5.74, 6) is -0.905. The quantitative estimate of drug-likeness (QED) is 0.466. The number of anilines is 2. The molecule has 0 saturated heterocycles. The van der Waals surface area contributed by atoms with E-state index < -0.39 is 15.8 Å². The molecule has 0 bridgehead atoms. The molecule has 0 aliphatic heterocycles. The molecule has 4 rings (SSSR count). The Morgan fingerprint density at radius 2 is 1.77 bits per heavy atom. The van der Waals surface area contributed by atoms with Gasteiger partial charge in [-0.05, 0) is 67.6 Å². The first-order chi connectivity index (χ1) is 14.3. The lowest BCUT2D eigenvalue weighted by Crippen LogP contribution is -2.15. The Balaban J connectivity index is 1.53. The number of hydrogen-bond acceptors (Lipinski definition) is 5. The maximum absolute atomic E-state index is 13.0. The smallest absolute Gasteiger partial charge is 0.261 e. The van der Waals surface area contributed by atoms with Crippen molar-refractivity contribution in [3.8, 4) is 0 Å². The Labute approximate surface area is 176 Å². The van der Waals surface area contributed by atoms with Crippen molar-refractivity contribution in [1.82, 2.24) is 4.98 Å². The number of aryl methyl sites for hydroxylation is 1. The van der Waals surface area contributed by atoms with Gasteiger partial charge in [-0.3, -0.25) is 9.52 Å². The molecule has 3 aromatic carbocycles. The van der Waals surface area contributed by atoms with E-state index in [2.05, 4.69) is 15.0 Å². The van der Waals surface area contributed by atoms with E-state index in [4.69, 9.17) is 0 Å². The van der Waals surface area contributed by atoms with Gasteiger partial charge in [-0.15, -0.1) is 11.3 Å². The van der Waals surface area contributed by atoms with Gasteiger partial charge in [0.1, 0.15) is 5.82 Å². The molecule has 152 valence electrons. The number of fused-ring (bicyclic) bond motifs is 1. The molecule has 0 fully saturated rings. The molecule has 0 aliphatic rings. The van der Waals surface area contributed by atoms with E-state index in [1.807, 2.05) is 19.1 Å². The van der Waals surface area contributed by atoms with Crippen LogP contribution in [0, 0.1) is 12.7 Å². The molecule has 1 aromatic heterocycles. The van der Waals surface area contributed by atoms with Gasteiger partial charge in [0.25, 0.3) is 15.9 Å². The van der Waals surface area contributed by atoms with E-state index in [1.54, 1.807) is 18.2 Å². The summed E-state index contributed by atoms with van der Waals surface area (Å²) >= 11 is 1.53. The molecule has 30 heavy (non-hydrogen) atoms. The highest BCUT2D eigenvalue weighted by Crippen LogP contribution is 2.25. The first-order valence-corrected chi connectivity index (χ1v) is 11.2. The third kappa shape index (κ3) is 4.32. The zero-order valence-corrected chi connectivity index (χ0v) is 17.4. The highest BCUT2D eigenvalue weighted by molar-refractivity contribution is 7.92. The van der Waals surface area contributed by atoms with E-state index in [1.165, 1.54) is 35.6 Å². The fourth-order valence-electron chi connectivity index (χ4n) is 2.87. The molecular weight excluding hydrogens is 425 g/mol. The highest BCUT2D eigenvalue weighted by Gasteiger charge is 2.15. The summed E-state index contributed by atoms with van der Waals surface area (Å²) in [7, 11) is -3.91. The van der Waals surface area contributed by atoms with Crippen LogP contribution < -0.4 is 10.0 Å². The number of carbonyl (C=O) groups excluding carboxylic acids is 1. The van der Waals surface area contributed by atoms with E-state index in [0.29, 0.717) is 5.69 Å². The maximum Gasteiger partial charge on any atom is 0.261 e. The van der Waals surface area contributed by atoms with E-state index in [0.717, 1.165) is 27.4 Å². The third-order valence-corrected chi connectivity index (χ3v) is 6.58.